The lowest BCUT2D eigenvalue weighted by atomic mass is 9.94. The van der Waals surface area contributed by atoms with E-state index in [1.54, 1.807) is 12.1 Å². The van der Waals surface area contributed by atoms with Crippen molar-refractivity contribution >= 4 is 39.1 Å². The quantitative estimate of drug-likeness (QED) is 0.572. The predicted octanol–water partition coefficient (Wildman–Crippen LogP) is 5.88. The van der Waals surface area contributed by atoms with E-state index in [1.165, 1.54) is 11.6 Å². The van der Waals surface area contributed by atoms with Gasteiger partial charge in [0.05, 0.1) is 0 Å². The Balaban J connectivity index is 2.13. The Hall–Kier alpha value is -0.570. The summed E-state index contributed by atoms with van der Waals surface area (Å²) in [6.45, 7) is 0. The fraction of sp³-hybridized carbons (Fsp3) is 0.250. The Bertz CT molecular complexity index is 586. The number of benzene rings is 2. The van der Waals surface area contributed by atoms with Gasteiger partial charge in [0.2, 0.25) is 0 Å². The van der Waals surface area contributed by atoms with Crippen molar-refractivity contribution in [1.29, 1.82) is 0 Å². The van der Waals surface area contributed by atoms with Crippen LogP contribution in [0.2, 0.25) is 5.02 Å². The first-order chi connectivity index (χ1) is 9.60. The standard InChI is InChI=1S/C16H14BrCl2F/c17-15-4-2-1-3-12(15)7-11(10-18)8-13-9-14(19)5-6-16(13)20/h1-6,9,11H,7-8,10H2. The molecule has 20 heavy (non-hydrogen) atoms. The molecule has 0 aliphatic rings. The van der Waals surface area contributed by atoms with E-state index >= 15 is 0 Å². The monoisotopic (exact) mass is 374 g/mol. The van der Waals surface area contributed by atoms with Crippen LogP contribution >= 0.6 is 39.1 Å². The van der Waals surface area contributed by atoms with Crippen LogP contribution in [-0.2, 0) is 12.8 Å². The molecule has 0 nitrogen and oxygen atoms in total. The zero-order valence-electron chi connectivity index (χ0n) is 10.8. The maximum Gasteiger partial charge on any atom is 0.126 e. The minimum absolute atomic E-state index is 0.170. The Morgan fingerprint density at radius 2 is 1.75 bits per heavy atom. The van der Waals surface area contributed by atoms with Gasteiger partial charge in [0.25, 0.3) is 0 Å². The molecule has 0 spiro atoms. The third kappa shape index (κ3) is 4.21. The first-order valence-corrected chi connectivity index (χ1v) is 8.04. The Kier molecular flexibility index (Phi) is 5.88. The van der Waals surface area contributed by atoms with Crippen molar-refractivity contribution < 1.29 is 4.39 Å². The van der Waals surface area contributed by atoms with E-state index < -0.39 is 0 Å². The molecular weight excluding hydrogens is 362 g/mol. The summed E-state index contributed by atoms with van der Waals surface area (Å²) in [5, 5.41) is 0.551. The molecule has 0 saturated carbocycles. The summed E-state index contributed by atoms with van der Waals surface area (Å²) >= 11 is 15.5. The molecule has 0 fully saturated rings. The van der Waals surface area contributed by atoms with Gasteiger partial charge < -0.3 is 0 Å². The molecule has 0 heterocycles. The maximum atomic E-state index is 13.8. The number of alkyl halides is 1. The van der Waals surface area contributed by atoms with E-state index in [1.807, 2.05) is 18.2 Å². The van der Waals surface area contributed by atoms with Gasteiger partial charge in [-0.25, -0.2) is 4.39 Å². The van der Waals surface area contributed by atoms with Crippen LogP contribution in [0, 0.1) is 11.7 Å². The summed E-state index contributed by atoms with van der Waals surface area (Å²) in [7, 11) is 0. The molecule has 0 aliphatic carbocycles. The normalized spacial score (nSPS) is 12.4. The lowest BCUT2D eigenvalue weighted by Crippen LogP contribution is -2.11. The van der Waals surface area contributed by atoms with Crippen LogP contribution in [-0.4, -0.2) is 5.88 Å². The molecule has 1 atom stereocenters. The van der Waals surface area contributed by atoms with Crippen LogP contribution in [0.4, 0.5) is 4.39 Å². The van der Waals surface area contributed by atoms with Gasteiger partial charge in [-0.15, -0.1) is 11.6 Å². The molecule has 0 radical (unpaired) electrons. The van der Waals surface area contributed by atoms with Crippen molar-refractivity contribution in [2.75, 3.05) is 5.88 Å². The molecule has 0 aliphatic heterocycles. The Labute approximate surface area is 137 Å². The van der Waals surface area contributed by atoms with Gasteiger partial charge >= 0.3 is 0 Å². The van der Waals surface area contributed by atoms with Crippen molar-refractivity contribution in [3.8, 4) is 0 Å². The van der Waals surface area contributed by atoms with Crippen molar-refractivity contribution in [3.05, 3.63) is 68.9 Å². The van der Waals surface area contributed by atoms with Crippen LogP contribution in [0.1, 0.15) is 11.1 Å². The molecule has 0 bridgehead atoms. The molecule has 4 heteroatoms. The number of hydrogen-bond acceptors (Lipinski definition) is 0. The third-order valence-corrected chi connectivity index (χ3v) is 4.65. The minimum atomic E-state index is -0.225. The first-order valence-electron chi connectivity index (χ1n) is 6.33. The van der Waals surface area contributed by atoms with E-state index in [2.05, 4.69) is 22.0 Å². The van der Waals surface area contributed by atoms with Crippen LogP contribution in [0.15, 0.2) is 46.9 Å². The third-order valence-electron chi connectivity index (χ3n) is 3.20. The molecular formula is C16H14BrCl2F. The van der Waals surface area contributed by atoms with Gasteiger partial charge in [-0.3, -0.25) is 0 Å². The largest absolute Gasteiger partial charge is 0.207 e. The van der Waals surface area contributed by atoms with Crippen LogP contribution < -0.4 is 0 Å². The smallest absolute Gasteiger partial charge is 0.126 e. The number of rotatable bonds is 5. The van der Waals surface area contributed by atoms with Gasteiger partial charge in [0, 0.05) is 15.4 Å². The van der Waals surface area contributed by atoms with Gasteiger partial charge in [-0.1, -0.05) is 45.7 Å². The second-order valence-electron chi connectivity index (χ2n) is 4.76. The van der Waals surface area contributed by atoms with E-state index in [0.29, 0.717) is 22.9 Å². The molecule has 2 aromatic carbocycles. The Morgan fingerprint density at radius 3 is 2.45 bits per heavy atom. The highest BCUT2D eigenvalue weighted by molar-refractivity contribution is 9.10. The van der Waals surface area contributed by atoms with E-state index in [0.717, 1.165) is 10.9 Å². The van der Waals surface area contributed by atoms with E-state index in [-0.39, 0.29) is 11.7 Å². The zero-order chi connectivity index (χ0) is 14.5. The highest BCUT2D eigenvalue weighted by Gasteiger charge is 2.14. The average molecular weight is 376 g/mol. The fourth-order valence-corrected chi connectivity index (χ4v) is 3.03. The van der Waals surface area contributed by atoms with Crippen LogP contribution in [0.25, 0.3) is 0 Å². The molecule has 106 valence electrons. The molecule has 2 rings (SSSR count). The maximum absolute atomic E-state index is 13.8. The number of halogens is 4. The molecule has 2 aromatic rings. The molecule has 1 unspecified atom stereocenters. The summed E-state index contributed by atoms with van der Waals surface area (Å²) in [4.78, 5) is 0. The highest BCUT2D eigenvalue weighted by atomic mass is 79.9. The predicted molar refractivity (Wildman–Crippen MR) is 87.2 cm³/mol. The minimum Gasteiger partial charge on any atom is -0.207 e. The fourth-order valence-electron chi connectivity index (χ4n) is 2.17. The van der Waals surface area contributed by atoms with Crippen LogP contribution in [0.5, 0.6) is 0 Å². The van der Waals surface area contributed by atoms with Crippen molar-refractivity contribution in [1.82, 2.24) is 0 Å². The second-order valence-corrected chi connectivity index (χ2v) is 6.36. The zero-order valence-corrected chi connectivity index (χ0v) is 13.8. The van der Waals surface area contributed by atoms with Crippen LogP contribution in [0.3, 0.4) is 0 Å². The summed E-state index contributed by atoms with van der Waals surface area (Å²) < 4.78 is 14.8. The molecule has 0 amide bonds. The summed E-state index contributed by atoms with van der Waals surface area (Å²) in [5.74, 6) is 0.424. The SMILES string of the molecule is Fc1ccc(Cl)cc1CC(CCl)Cc1ccccc1Br. The summed E-state index contributed by atoms with van der Waals surface area (Å²) in [6, 6.07) is 12.7. The first kappa shape index (κ1) is 15.8. The molecule has 0 N–H and O–H groups in total. The van der Waals surface area contributed by atoms with E-state index in [9.17, 15) is 4.39 Å². The summed E-state index contributed by atoms with van der Waals surface area (Å²) in [6.07, 6.45) is 1.38. The lowest BCUT2D eigenvalue weighted by molar-refractivity contribution is 0.545. The van der Waals surface area contributed by atoms with Gasteiger partial charge in [0.1, 0.15) is 5.82 Å². The number of hydrogen-bond donors (Lipinski definition) is 0. The average Bonchev–Trinajstić information content (AvgIpc) is 2.44. The van der Waals surface area contributed by atoms with Crippen molar-refractivity contribution in [3.63, 3.8) is 0 Å². The summed E-state index contributed by atoms with van der Waals surface area (Å²) in [5.41, 5.74) is 1.80. The Morgan fingerprint density at radius 1 is 1.05 bits per heavy atom. The van der Waals surface area contributed by atoms with Gasteiger partial charge in [-0.05, 0) is 54.2 Å². The van der Waals surface area contributed by atoms with Gasteiger partial charge in [-0.2, -0.15) is 0 Å². The highest BCUT2D eigenvalue weighted by Crippen LogP contribution is 2.24. The lowest BCUT2D eigenvalue weighted by Gasteiger charge is -2.15. The van der Waals surface area contributed by atoms with Gasteiger partial charge in [0.15, 0.2) is 0 Å². The van der Waals surface area contributed by atoms with Crippen molar-refractivity contribution in [2.24, 2.45) is 5.92 Å². The topological polar surface area (TPSA) is 0 Å². The molecule has 0 saturated heterocycles. The molecule has 0 aromatic heterocycles. The van der Waals surface area contributed by atoms with E-state index in [4.69, 9.17) is 23.2 Å². The van der Waals surface area contributed by atoms with Crippen molar-refractivity contribution in [2.45, 2.75) is 12.8 Å². The second kappa shape index (κ2) is 7.44.